The highest BCUT2D eigenvalue weighted by Crippen LogP contribution is 2.16. The van der Waals surface area contributed by atoms with Crippen molar-refractivity contribution in [3.63, 3.8) is 0 Å². The van der Waals surface area contributed by atoms with Gasteiger partial charge in [-0.3, -0.25) is 14.5 Å². The van der Waals surface area contributed by atoms with Gasteiger partial charge in [0.15, 0.2) is 0 Å². The van der Waals surface area contributed by atoms with E-state index in [0.29, 0.717) is 36.8 Å². The van der Waals surface area contributed by atoms with Gasteiger partial charge in [0.2, 0.25) is 5.91 Å². The van der Waals surface area contributed by atoms with Gasteiger partial charge in [-0.1, -0.05) is 25.4 Å². The van der Waals surface area contributed by atoms with Crippen LogP contribution in [-0.4, -0.2) is 61.1 Å². The van der Waals surface area contributed by atoms with E-state index in [9.17, 15) is 9.59 Å². The van der Waals surface area contributed by atoms with E-state index in [1.165, 1.54) is 0 Å². The van der Waals surface area contributed by atoms with Crippen molar-refractivity contribution in [3.8, 4) is 0 Å². The fourth-order valence-corrected chi connectivity index (χ4v) is 3.38. The van der Waals surface area contributed by atoms with Crippen molar-refractivity contribution >= 4 is 23.4 Å². The Hall–Kier alpha value is -1.63. The number of carbonyl (C=O) groups is 2. The first-order chi connectivity index (χ1) is 13.2. The van der Waals surface area contributed by atoms with Crippen molar-refractivity contribution in [2.24, 2.45) is 5.92 Å². The molecule has 1 aromatic rings. The molecule has 0 bridgehead atoms. The normalized spacial score (nSPS) is 16.6. The number of ether oxygens (including phenoxy) is 1. The summed E-state index contributed by atoms with van der Waals surface area (Å²) in [5, 5.41) is 6.47. The maximum atomic E-state index is 12.8. The molecule has 0 radical (unpaired) electrons. The fraction of sp³-hybridized carbons (Fsp3) is 0.619. The van der Waals surface area contributed by atoms with Gasteiger partial charge in [0.05, 0.1) is 13.2 Å². The van der Waals surface area contributed by atoms with Crippen LogP contribution in [0.2, 0.25) is 5.02 Å². The minimum Gasteiger partial charge on any atom is -0.379 e. The van der Waals surface area contributed by atoms with Gasteiger partial charge in [-0.25, -0.2) is 0 Å². The van der Waals surface area contributed by atoms with E-state index in [0.717, 1.165) is 13.1 Å². The van der Waals surface area contributed by atoms with Gasteiger partial charge in [0, 0.05) is 35.8 Å². The third-order valence-corrected chi connectivity index (χ3v) is 5.25. The van der Waals surface area contributed by atoms with Crippen molar-refractivity contribution in [1.82, 2.24) is 15.5 Å². The zero-order valence-electron chi connectivity index (χ0n) is 17.3. The van der Waals surface area contributed by atoms with Gasteiger partial charge in [0.1, 0.15) is 6.04 Å². The van der Waals surface area contributed by atoms with Crippen LogP contribution in [0.25, 0.3) is 0 Å². The van der Waals surface area contributed by atoms with E-state index in [1.807, 2.05) is 13.8 Å². The molecule has 1 heterocycles. The highest BCUT2D eigenvalue weighted by molar-refractivity contribution is 6.30. The van der Waals surface area contributed by atoms with Crippen LogP contribution in [0.3, 0.4) is 0 Å². The lowest BCUT2D eigenvalue weighted by atomic mass is 10.00. The summed E-state index contributed by atoms with van der Waals surface area (Å²) in [5.41, 5.74) is 0.307. The number of nitrogens with one attached hydrogen (secondary N) is 2. The lowest BCUT2D eigenvalue weighted by molar-refractivity contribution is -0.124. The fourth-order valence-electron chi connectivity index (χ4n) is 3.25. The summed E-state index contributed by atoms with van der Waals surface area (Å²) in [4.78, 5) is 27.7. The second kappa shape index (κ2) is 10.2. The highest BCUT2D eigenvalue weighted by atomic mass is 35.5. The smallest absolute Gasteiger partial charge is 0.251 e. The number of benzene rings is 1. The first-order valence-electron chi connectivity index (χ1n) is 9.86. The van der Waals surface area contributed by atoms with Crippen molar-refractivity contribution in [3.05, 3.63) is 34.9 Å². The SMILES string of the molecule is CC(C)CC(NC(=O)c1ccc(Cl)cc1)C(=O)NCC(C)(C)N1CCOCC1. The molecule has 1 aromatic carbocycles. The van der Waals surface area contributed by atoms with Crippen molar-refractivity contribution in [1.29, 1.82) is 0 Å². The lowest BCUT2D eigenvalue weighted by Gasteiger charge is -2.41. The van der Waals surface area contributed by atoms with E-state index in [2.05, 4.69) is 29.4 Å². The quantitative estimate of drug-likeness (QED) is 0.692. The summed E-state index contributed by atoms with van der Waals surface area (Å²) < 4.78 is 5.41. The molecule has 156 valence electrons. The molecule has 0 aliphatic carbocycles. The second-order valence-corrected chi connectivity index (χ2v) is 8.73. The van der Waals surface area contributed by atoms with Gasteiger partial charge in [0.25, 0.3) is 5.91 Å². The number of nitrogens with zero attached hydrogens (tertiary/aromatic N) is 1. The maximum absolute atomic E-state index is 12.8. The predicted octanol–water partition coefficient (Wildman–Crippen LogP) is 2.71. The molecule has 1 aliphatic rings. The number of halogens is 1. The Morgan fingerprint density at radius 3 is 2.36 bits per heavy atom. The number of hydrogen-bond donors (Lipinski definition) is 2. The minimum absolute atomic E-state index is 0.155. The first-order valence-corrected chi connectivity index (χ1v) is 10.2. The summed E-state index contributed by atoms with van der Waals surface area (Å²) in [5.74, 6) is -0.157. The maximum Gasteiger partial charge on any atom is 0.251 e. The molecule has 1 aliphatic heterocycles. The Morgan fingerprint density at radius 1 is 1.18 bits per heavy atom. The first kappa shape index (κ1) is 22.7. The average molecular weight is 410 g/mol. The van der Waals surface area contributed by atoms with Gasteiger partial charge < -0.3 is 15.4 Å². The molecule has 0 aromatic heterocycles. The molecule has 0 saturated carbocycles. The number of morpholine rings is 1. The monoisotopic (exact) mass is 409 g/mol. The Kier molecular flexibility index (Phi) is 8.28. The largest absolute Gasteiger partial charge is 0.379 e. The molecular weight excluding hydrogens is 378 g/mol. The molecule has 2 N–H and O–H groups in total. The van der Waals surface area contributed by atoms with E-state index < -0.39 is 6.04 Å². The van der Waals surface area contributed by atoms with Crippen LogP contribution in [-0.2, 0) is 9.53 Å². The second-order valence-electron chi connectivity index (χ2n) is 8.29. The molecule has 2 rings (SSSR count). The molecule has 28 heavy (non-hydrogen) atoms. The topological polar surface area (TPSA) is 70.7 Å². The Morgan fingerprint density at radius 2 is 1.79 bits per heavy atom. The van der Waals surface area contributed by atoms with Crippen molar-refractivity contribution in [2.75, 3.05) is 32.8 Å². The van der Waals surface area contributed by atoms with Gasteiger partial charge >= 0.3 is 0 Å². The molecular formula is C21H32ClN3O3. The van der Waals surface area contributed by atoms with Crippen LogP contribution in [0.5, 0.6) is 0 Å². The summed E-state index contributed by atoms with van der Waals surface area (Å²) in [7, 11) is 0. The van der Waals surface area contributed by atoms with Crippen LogP contribution >= 0.6 is 11.6 Å². The number of carbonyl (C=O) groups excluding carboxylic acids is 2. The van der Waals surface area contributed by atoms with Crippen LogP contribution in [0, 0.1) is 5.92 Å². The van der Waals surface area contributed by atoms with Crippen LogP contribution in [0.4, 0.5) is 0 Å². The molecule has 1 unspecified atom stereocenters. The number of amides is 2. The lowest BCUT2D eigenvalue weighted by Crippen LogP contribution is -2.57. The summed E-state index contributed by atoms with van der Waals surface area (Å²) in [6, 6.07) is 6.06. The minimum atomic E-state index is -0.580. The molecule has 1 atom stereocenters. The van der Waals surface area contributed by atoms with Crippen LogP contribution in [0.15, 0.2) is 24.3 Å². The standard InChI is InChI=1S/C21H32ClN3O3/c1-15(2)13-18(24-19(26)16-5-7-17(22)8-6-16)20(27)23-14-21(3,4)25-9-11-28-12-10-25/h5-8,15,18H,9-14H2,1-4H3,(H,23,27)(H,24,26). The number of rotatable bonds is 8. The Bertz CT molecular complexity index is 655. The average Bonchev–Trinajstić information content (AvgIpc) is 2.66. The Balaban J connectivity index is 1.97. The molecule has 7 heteroatoms. The van der Waals surface area contributed by atoms with E-state index in [4.69, 9.17) is 16.3 Å². The van der Waals surface area contributed by atoms with E-state index in [1.54, 1.807) is 24.3 Å². The van der Waals surface area contributed by atoms with Gasteiger partial charge in [-0.15, -0.1) is 0 Å². The Labute approximate surface area is 172 Å². The predicted molar refractivity (Wildman–Crippen MR) is 112 cm³/mol. The zero-order valence-corrected chi connectivity index (χ0v) is 18.0. The van der Waals surface area contributed by atoms with Gasteiger partial charge in [-0.2, -0.15) is 0 Å². The van der Waals surface area contributed by atoms with E-state index in [-0.39, 0.29) is 23.3 Å². The highest BCUT2D eigenvalue weighted by Gasteiger charge is 2.30. The summed E-state index contributed by atoms with van der Waals surface area (Å²) in [6.07, 6.45) is 0.573. The van der Waals surface area contributed by atoms with Crippen molar-refractivity contribution in [2.45, 2.75) is 45.7 Å². The molecule has 2 amide bonds. The molecule has 0 spiro atoms. The summed E-state index contributed by atoms with van der Waals surface area (Å²) >= 11 is 5.88. The zero-order chi connectivity index (χ0) is 20.7. The van der Waals surface area contributed by atoms with Crippen LogP contribution < -0.4 is 10.6 Å². The van der Waals surface area contributed by atoms with Crippen molar-refractivity contribution < 1.29 is 14.3 Å². The molecule has 1 fully saturated rings. The molecule has 1 saturated heterocycles. The van der Waals surface area contributed by atoms with Crippen LogP contribution in [0.1, 0.15) is 44.5 Å². The third-order valence-electron chi connectivity index (χ3n) is 5.00. The summed E-state index contributed by atoms with van der Waals surface area (Å²) in [6.45, 7) is 11.9. The third kappa shape index (κ3) is 6.76. The molecule has 6 nitrogen and oxygen atoms in total. The number of hydrogen-bond acceptors (Lipinski definition) is 4. The van der Waals surface area contributed by atoms with Gasteiger partial charge in [-0.05, 0) is 50.5 Å². The van der Waals surface area contributed by atoms with E-state index >= 15 is 0 Å².